The summed E-state index contributed by atoms with van der Waals surface area (Å²) in [5.41, 5.74) is 1.50. The largest absolute Gasteiger partial charge is 0.352 e. The van der Waals surface area contributed by atoms with Gasteiger partial charge in [-0.1, -0.05) is 19.3 Å². The first-order chi connectivity index (χ1) is 14.6. The number of alkyl halides is 1. The van der Waals surface area contributed by atoms with E-state index in [1.807, 2.05) is 16.2 Å². The maximum Gasteiger partial charge on any atom is 0.240 e. The number of amides is 1. The number of carbonyl (C=O) groups is 1. The van der Waals surface area contributed by atoms with Crippen LogP contribution in [0.1, 0.15) is 74.1 Å². The highest BCUT2D eigenvalue weighted by Crippen LogP contribution is 2.42. The quantitative estimate of drug-likeness (QED) is 0.629. The lowest BCUT2D eigenvalue weighted by atomic mass is 9.88. The molecule has 0 bridgehead atoms. The van der Waals surface area contributed by atoms with Gasteiger partial charge in [0.15, 0.2) is 0 Å². The number of halogens is 1. The maximum absolute atomic E-state index is 12.3. The molecule has 1 saturated carbocycles. The van der Waals surface area contributed by atoms with Gasteiger partial charge in [0.2, 0.25) is 5.91 Å². The van der Waals surface area contributed by atoms with Crippen molar-refractivity contribution in [2.45, 2.75) is 76.0 Å². The fourth-order valence-corrected chi connectivity index (χ4v) is 6.72. The van der Waals surface area contributed by atoms with Gasteiger partial charge in [-0.25, -0.2) is 9.97 Å². The van der Waals surface area contributed by atoms with Crippen LogP contribution in [-0.2, 0) is 17.6 Å². The van der Waals surface area contributed by atoms with Crippen LogP contribution >= 0.6 is 22.9 Å². The molecule has 0 aromatic carbocycles. The molecule has 0 N–H and O–H groups in total. The predicted molar refractivity (Wildman–Crippen MR) is 124 cm³/mol. The van der Waals surface area contributed by atoms with Gasteiger partial charge in [0.25, 0.3) is 0 Å². The molecule has 2 aliphatic carbocycles. The van der Waals surface area contributed by atoms with Crippen LogP contribution in [0.4, 0.5) is 5.82 Å². The minimum atomic E-state index is -0.455. The van der Waals surface area contributed by atoms with E-state index < -0.39 is 5.38 Å². The molecule has 0 unspecified atom stereocenters. The molecule has 1 aliphatic heterocycles. The molecule has 0 radical (unpaired) electrons. The van der Waals surface area contributed by atoms with Gasteiger partial charge in [0.05, 0.1) is 5.39 Å². The summed E-state index contributed by atoms with van der Waals surface area (Å²) in [5, 5.41) is 0.851. The first-order valence-corrected chi connectivity index (χ1v) is 12.9. The number of anilines is 1. The van der Waals surface area contributed by atoms with Crippen LogP contribution < -0.4 is 4.90 Å². The van der Waals surface area contributed by atoms with Crippen molar-refractivity contribution in [3.05, 3.63) is 16.3 Å². The zero-order valence-electron chi connectivity index (χ0n) is 17.8. The average molecular weight is 447 g/mol. The molecule has 1 amide bonds. The maximum atomic E-state index is 12.3. The molecule has 30 heavy (non-hydrogen) atoms. The number of hydrogen-bond donors (Lipinski definition) is 0. The van der Waals surface area contributed by atoms with Crippen LogP contribution in [0.5, 0.6) is 0 Å². The van der Waals surface area contributed by atoms with E-state index in [-0.39, 0.29) is 5.91 Å². The molecule has 162 valence electrons. The third kappa shape index (κ3) is 3.81. The van der Waals surface area contributed by atoms with Crippen molar-refractivity contribution in [2.24, 2.45) is 0 Å². The number of thiophene rings is 1. The molecule has 7 heteroatoms. The van der Waals surface area contributed by atoms with Crippen LogP contribution in [0.2, 0.25) is 0 Å². The Labute approximate surface area is 187 Å². The molecule has 5 rings (SSSR count). The Balaban J connectivity index is 1.51. The van der Waals surface area contributed by atoms with Crippen molar-refractivity contribution in [2.75, 3.05) is 31.1 Å². The highest BCUT2D eigenvalue weighted by atomic mass is 35.5. The molecule has 1 atom stereocenters. The lowest BCUT2D eigenvalue weighted by Crippen LogP contribution is -2.50. The summed E-state index contributed by atoms with van der Waals surface area (Å²) in [6, 6.07) is 0. The van der Waals surface area contributed by atoms with Gasteiger partial charge in [-0.3, -0.25) is 4.79 Å². The Bertz CT molecular complexity index is 929. The van der Waals surface area contributed by atoms with E-state index in [1.165, 1.54) is 72.0 Å². The number of aromatic nitrogens is 2. The monoisotopic (exact) mass is 446 g/mol. The normalized spacial score (nSPS) is 21.7. The van der Waals surface area contributed by atoms with E-state index in [9.17, 15) is 4.79 Å². The molecule has 3 aliphatic rings. The van der Waals surface area contributed by atoms with Crippen LogP contribution in [-0.4, -0.2) is 52.3 Å². The van der Waals surface area contributed by atoms with E-state index in [0.29, 0.717) is 19.0 Å². The summed E-state index contributed by atoms with van der Waals surface area (Å²) in [7, 11) is 0. The Morgan fingerprint density at radius 1 is 1.03 bits per heavy atom. The summed E-state index contributed by atoms with van der Waals surface area (Å²) in [6.45, 7) is 4.82. The van der Waals surface area contributed by atoms with Gasteiger partial charge in [-0.15, -0.1) is 22.9 Å². The van der Waals surface area contributed by atoms with Crippen molar-refractivity contribution in [3.8, 4) is 0 Å². The molecule has 2 fully saturated rings. The lowest BCUT2D eigenvalue weighted by Gasteiger charge is -2.36. The van der Waals surface area contributed by atoms with Gasteiger partial charge in [0, 0.05) is 37.0 Å². The molecule has 1 saturated heterocycles. The SMILES string of the molecule is C[C@H](Cl)C(=O)N1CCN(c2nc(C3CCCCC3)nc3sc4c(c23)CCCC4)CC1. The fraction of sp³-hybridized carbons (Fsp3) is 0.696. The third-order valence-electron chi connectivity index (χ3n) is 7.01. The smallest absolute Gasteiger partial charge is 0.240 e. The molecule has 5 nitrogen and oxygen atoms in total. The Morgan fingerprint density at radius 2 is 1.77 bits per heavy atom. The van der Waals surface area contributed by atoms with Gasteiger partial charge in [0.1, 0.15) is 21.8 Å². The number of nitrogens with zero attached hydrogens (tertiary/aromatic N) is 4. The van der Waals surface area contributed by atoms with E-state index in [4.69, 9.17) is 21.6 Å². The predicted octanol–water partition coefficient (Wildman–Crippen LogP) is 4.89. The van der Waals surface area contributed by atoms with Gasteiger partial charge >= 0.3 is 0 Å². The van der Waals surface area contributed by atoms with Gasteiger partial charge in [-0.05, 0) is 51.0 Å². The van der Waals surface area contributed by atoms with E-state index in [1.54, 1.807) is 6.92 Å². The fourth-order valence-electron chi connectivity index (χ4n) is 5.32. The summed E-state index contributed by atoms with van der Waals surface area (Å²) in [4.78, 5) is 29.7. The lowest BCUT2D eigenvalue weighted by molar-refractivity contribution is -0.130. The second-order valence-corrected chi connectivity index (χ2v) is 10.8. The van der Waals surface area contributed by atoms with Crippen molar-refractivity contribution in [1.82, 2.24) is 14.9 Å². The molecule has 2 aromatic rings. The highest BCUT2D eigenvalue weighted by molar-refractivity contribution is 7.19. The Kier molecular flexibility index (Phi) is 5.89. The van der Waals surface area contributed by atoms with E-state index >= 15 is 0 Å². The summed E-state index contributed by atoms with van der Waals surface area (Å²) < 4.78 is 0. The second kappa shape index (κ2) is 8.62. The first-order valence-electron chi connectivity index (χ1n) is 11.6. The zero-order chi connectivity index (χ0) is 20.7. The van der Waals surface area contributed by atoms with Crippen molar-refractivity contribution < 1.29 is 4.79 Å². The number of piperazine rings is 1. The van der Waals surface area contributed by atoms with Crippen LogP contribution in [0.25, 0.3) is 10.2 Å². The van der Waals surface area contributed by atoms with Crippen molar-refractivity contribution in [1.29, 1.82) is 0 Å². The summed E-state index contributed by atoms with van der Waals surface area (Å²) in [5.74, 6) is 2.73. The number of aryl methyl sites for hydroxylation is 2. The number of hydrogen-bond acceptors (Lipinski definition) is 5. The summed E-state index contributed by atoms with van der Waals surface area (Å²) in [6.07, 6.45) is 11.2. The van der Waals surface area contributed by atoms with Gasteiger partial charge < -0.3 is 9.80 Å². The number of carbonyl (C=O) groups excluding carboxylic acids is 1. The average Bonchev–Trinajstić information content (AvgIpc) is 3.17. The Morgan fingerprint density at radius 3 is 2.50 bits per heavy atom. The van der Waals surface area contributed by atoms with Gasteiger partial charge in [-0.2, -0.15) is 0 Å². The van der Waals surface area contributed by atoms with Crippen LogP contribution in [0.15, 0.2) is 0 Å². The topological polar surface area (TPSA) is 49.3 Å². The standard InChI is InChI=1S/C23H31ClN4OS/c1-15(24)23(29)28-13-11-27(12-14-28)21-19-17-9-5-6-10-18(17)30-22(19)26-20(25-21)16-7-3-2-4-8-16/h15-16H,2-14H2,1H3/t15-/m0/s1. The third-order valence-corrected chi connectivity index (χ3v) is 8.39. The van der Waals surface area contributed by atoms with Crippen molar-refractivity contribution >= 4 is 44.9 Å². The second-order valence-electron chi connectivity index (χ2n) is 9.06. The molecular formula is C23H31ClN4OS. The number of fused-ring (bicyclic) bond motifs is 3. The highest BCUT2D eigenvalue weighted by Gasteiger charge is 2.29. The molecule has 0 spiro atoms. The molecule has 2 aromatic heterocycles. The van der Waals surface area contributed by atoms with Crippen LogP contribution in [0.3, 0.4) is 0 Å². The minimum absolute atomic E-state index is 0.0416. The first kappa shape index (κ1) is 20.5. The number of rotatable bonds is 3. The summed E-state index contributed by atoms with van der Waals surface area (Å²) >= 11 is 7.95. The van der Waals surface area contributed by atoms with Crippen LogP contribution in [0, 0.1) is 0 Å². The van der Waals surface area contributed by atoms with E-state index in [0.717, 1.165) is 31.2 Å². The minimum Gasteiger partial charge on any atom is -0.352 e. The Hall–Kier alpha value is -1.40. The zero-order valence-corrected chi connectivity index (χ0v) is 19.4. The van der Waals surface area contributed by atoms with E-state index in [2.05, 4.69) is 4.90 Å². The molecular weight excluding hydrogens is 416 g/mol. The molecule has 3 heterocycles. The van der Waals surface area contributed by atoms with Crippen molar-refractivity contribution in [3.63, 3.8) is 0 Å².